The van der Waals surface area contributed by atoms with Gasteiger partial charge in [0.1, 0.15) is 0 Å². The van der Waals surface area contributed by atoms with Crippen LogP contribution in [0.1, 0.15) is 67.2 Å². The summed E-state index contributed by atoms with van der Waals surface area (Å²) in [5, 5.41) is 6.16. The van der Waals surface area contributed by atoms with E-state index in [1.807, 2.05) is 24.3 Å². The summed E-state index contributed by atoms with van der Waals surface area (Å²) in [4.78, 5) is 16.8. The Morgan fingerprint density at radius 2 is 1.87 bits per heavy atom. The smallest absolute Gasteiger partial charge is 0.251 e. The Kier molecular flexibility index (Phi) is 5.58. The molecular weight excluding hydrogens is 304 g/mol. The summed E-state index contributed by atoms with van der Waals surface area (Å²) in [5.74, 6) is 0.432. The standard InChI is InChI=1S/C19H26N2OS/c1-13(2)16-12-23-17(21-16)10-11-20-18(22)14-6-8-15(9-7-14)19(3,4)5/h6-9,12-13H,10-11H2,1-5H3,(H,20,22). The van der Waals surface area contributed by atoms with E-state index in [2.05, 4.69) is 50.3 Å². The van der Waals surface area contributed by atoms with Crippen molar-refractivity contribution in [2.45, 2.75) is 52.4 Å². The van der Waals surface area contributed by atoms with Gasteiger partial charge < -0.3 is 5.32 Å². The normalized spacial score (nSPS) is 11.7. The quantitative estimate of drug-likeness (QED) is 0.874. The van der Waals surface area contributed by atoms with Gasteiger partial charge in [-0.25, -0.2) is 4.98 Å². The first-order chi connectivity index (χ1) is 10.8. The highest BCUT2D eigenvalue weighted by Gasteiger charge is 2.14. The van der Waals surface area contributed by atoms with Crippen LogP contribution in [-0.4, -0.2) is 17.4 Å². The molecule has 3 nitrogen and oxygen atoms in total. The fourth-order valence-corrected chi connectivity index (χ4v) is 3.17. The molecular formula is C19H26N2OS. The number of aromatic nitrogens is 1. The van der Waals surface area contributed by atoms with Gasteiger partial charge in [-0.1, -0.05) is 46.8 Å². The molecule has 0 aliphatic carbocycles. The van der Waals surface area contributed by atoms with Crippen LogP contribution in [0.5, 0.6) is 0 Å². The number of amides is 1. The van der Waals surface area contributed by atoms with E-state index in [4.69, 9.17) is 0 Å². The van der Waals surface area contributed by atoms with Crippen LogP contribution in [-0.2, 0) is 11.8 Å². The first-order valence-electron chi connectivity index (χ1n) is 8.10. The number of carbonyl (C=O) groups is 1. The number of nitrogens with zero attached hydrogens (tertiary/aromatic N) is 1. The maximum atomic E-state index is 12.2. The van der Waals surface area contributed by atoms with Crippen molar-refractivity contribution in [1.82, 2.24) is 10.3 Å². The molecule has 0 bridgehead atoms. The number of hydrogen-bond donors (Lipinski definition) is 1. The van der Waals surface area contributed by atoms with Gasteiger partial charge in [0.2, 0.25) is 0 Å². The maximum absolute atomic E-state index is 12.2. The molecule has 0 aliphatic heterocycles. The molecule has 0 radical (unpaired) electrons. The zero-order valence-corrected chi connectivity index (χ0v) is 15.5. The third-order valence-electron chi connectivity index (χ3n) is 3.80. The van der Waals surface area contributed by atoms with Crippen LogP contribution in [0.25, 0.3) is 0 Å². The predicted molar refractivity (Wildman–Crippen MR) is 97.4 cm³/mol. The second-order valence-electron chi connectivity index (χ2n) is 7.15. The van der Waals surface area contributed by atoms with Crippen LogP contribution in [0.2, 0.25) is 0 Å². The van der Waals surface area contributed by atoms with E-state index in [-0.39, 0.29) is 11.3 Å². The minimum atomic E-state index is -0.0221. The third kappa shape index (κ3) is 4.90. The fourth-order valence-electron chi connectivity index (χ4n) is 2.21. The molecule has 1 heterocycles. The molecule has 0 unspecified atom stereocenters. The van der Waals surface area contributed by atoms with Crippen molar-refractivity contribution in [2.24, 2.45) is 0 Å². The van der Waals surface area contributed by atoms with E-state index < -0.39 is 0 Å². The van der Waals surface area contributed by atoms with Gasteiger partial charge in [-0.05, 0) is 29.0 Å². The zero-order valence-electron chi connectivity index (χ0n) is 14.6. The van der Waals surface area contributed by atoms with Crippen LogP contribution in [0.3, 0.4) is 0 Å². The molecule has 0 saturated carbocycles. The van der Waals surface area contributed by atoms with Crippen molar-refractivity contribution in [1.29, 1.82) is 0 Å². The summed E-state index contributed by atoms with van der Waals surface area (Å²) in [6.07, 6.45) is 0.781. The number of nitrogens with one attached hydrogen (secondary N) is 1. The number of benzene rings is 1. The molecule has 0 spiro atoms. The molecule has 1 aromatic heterocycles. The summed E-state index contributed by atoms with van der Waals surface area (Å²) in [6, 6.07) is 7.86. The van der Waals surface area contributed by atoms with Crippen LogP contribution >= 0.6 is 11.3 Å². The van der Waals surface area contributed by atoms with Gasteiger partial charge in [-0.3, -0.25) is 4.79 Å². The molecule has 1 N–H and O–H groups in total. The Balaban J connectivity index is 1.87. The topological polar surface area (TPSA) is 42.0 Å². The maximum Gasteiger partial charge on any atom is 0.251 e. The lowest BCUT2D eigenvalue weighted by molar-refractivity contribution is 0.0954. The summed E-state index contributed by atoms with van der Waals surface area (Å²) in [5.41, 5.74) is 3.18. The van der Waals surface area contributed by atoms with Gasteiger partial charge in [0, 0.05) is 23.9 Å². The minimum absolute atomic E-state index is 0.0221. The first kappa shape index (κ1) is 17.7. The molecule has 2 rings (SSSR count). The second-order valence-corrected chi connectivity index (χ2v) is 8.10. The monoisotopic (exact) mass is 330 g/mol. The summed E-state index contributed by atoms with van der Waals surface area (Å²) in [7, 11) is 0. The summed E-state index contributed by atoms with van der Waals surface area (Å²) < 4.78 is 0. The second kappa shape index (κ2) is 7.26. The third-order valence-corrected chi connectivity index (χ3v) is 4.73. The number of thiazole rings is 1. The first-order valence-corrected chi connectivity index (χ1v) is 8.98. The van der Waals surface area contributed by atoms with Gasteiger partial charge in [0.15, 0.2) is 0 Å². The number of rotatable bonds is 5. The van der Waals surface area contributed by atoms with Crippen LogP contribution in [0, 0.1) is 0 Å². The Morgan fingerprint density at radius 1 is 1.22 bits per heavy atom. The highest BCUT2D eigenvalue weighted by atomic mass is 32.1. The highest BCUT2D eigenvalue weighted by molar-refractivity contribution is 7.09. The summed E-state index contributed by atoms with van der Waals surface area (Å²) >= 11 is 1.67. The Bertz CT molecular complexity index is 651. The SMILES string of the molecule is CC(C)c1csc(CCNC(=O)c2ccc(C(C)(C)C)cc2)n1. The van der Waals surface area contributed by atoms with E-state index in [1.165, 1.54) is 5.56 Å². The lowest BCUT2D eigenvalue weighted by atomic mass is 9.87. The van der Waals surface area contributed by atoms with E-state index >= 15 is 0 Å². The predicted octanol–water partition coefficient (Wildman–Crippen LogP) is 4.54. The average Bonchev–Trinajstić information content (AvgIpc) is 2.95. The van der Waals surface area contributed by atoms with E-state index in [9.17, 15) is 4.79 Å². The molecule has 0 saturated heterocycles. The lowest BCUT2D eigenvalue weighted by Crippen LogP contribution is -2.25. The minimum Gasteiger partial charge on any atom is -0.352 e. The Hall–Kier alpha value is -1.68. The summed E-state index contributed by atoms with van der Waals surface area (Å²) in [6.45, 7) is 11.4. The van der Waals surface area contributed by atoms with Crippen molar-refractivity contribution in [2.75, 3.05) is 6.54 Å². The van der Waals surface area contributed by atoms with Crippen LogP contribution < -0.4 is 5.32 Å². The zero-order chi connectivity index (χ0) is 17.0. The van der Waals surface area contributed by atoms with Gasteiger partial charge in [-0.15, -0.1) is 11.3 Å². The number of hydrogen-bond acceptors (Lipinski definition) is 3. The Morgan fingerprint density at radius 3 is 2.39 bits per heavy atom. The molecule has 23 heavy (non-hydrogen) atoms. The lowest BCUT2D eigenvalue weighted by Gasteiger charge is -2.19. The fraction of sp³-hybridized carbons (Fsp3) is 0.474. The van der Waals surface area contributed by atoms with Gasteiger partial charge in [0.25, 0.3) is 5.91 Å². The van der Waals surface area contributed by atoms with E-state index in [0.717, 1.165) is 17.1 Å². The molecule has 1 aromatic carbocycles. The average molecular weight is 330 g/mol. The van der Waals surface area contributed by atoms with Crippen LogP contribution in [0.15, 0.2) is 29.6 Å². The van der Waals surface area contributed by atoms with Crippen molar-refractivity contribution >= 4 is 17.2 Å². The Labute approximate surface area is 143 Å². The number of carbonyl (C=O) groups excluding carboxylic acids is 1. The van der Waals surface area contributed by atoms with E-state index in [0.29, 0.717) is 18.0 Å². The van der Waals surface area contributed by atoms with Crippen LogP contribution in [0.4, 0.5) is 0 Å². The molecule has 124 valence electrons. The molecule has 0 fully saturated rings. The molecule has 4 heteroatoms. The van der Waals surface area contributed by atoms with Crippen molar-refractivity contribution in [3.8, 4) is 0 Å². The molecule has 1 amide bonds. The van der Waals surface area contributed by atoms with Crippen molar-refractivity contribution in [3.05, 3.63) is 51.5 Å². The van der Waals surface area contributed by atoms with Crippen molar-refractivity contribution in [3.63, 3.8) is 0 Å². The molecule has 2 aromatic rings. The van der Waals surface area contributed by atoms with Gasteiger partial charge in [0.05, 0.1) is 10.7 Å². The van der Waals surface area contributed by atoms with Gasteiger partial charge >= 0.3 is 0 Å². The van der Waals surface area contributed by atoms with Gasteiger partial charge in [-0.2, -0.15) is 0 Å². The highest BCUT2D eigenvalue weighted by Crippen LogP contribution is 2.22. The molecule has 0 aliphatic rings. The molecule has 0 atom stereocenters. The van der Waals surface area contributed by atoms with E-state index in [1.54, 1.807) is 11.3 Å². The van der Waals surface area contributed by atoms with Crippen molar-refractivity contribution < 1.29 is 4.79 Å². The largest absolute Gasteiger partial charge is 0.352 e.